The van der Waals surface area contributed by atoms with Crippen molar-refractivity contribution in [2.75, 3.05) is 26.4 Å². The van der Waals surface area contributed by atoms with Crippen LogP contribution in [0.15, 0.2) is 0 Å². The molecular weight excluding hydrogens is 258 g/mol. The van der Waals surface area contributed by atoms with Crippen LogP contribution in [0.2, 0.25) is 0 Å². The Kier molecular flexibility index (Phi) is 3.96. The van der Waals surface area contributed by atoms with Gasteiger partial charge < -0.3 is 15.5 Å². The molecule has 1 aromatic rings. The van der Waals surface area contributed by atoms with E-state index in [1.54, 1.807) is 19.0 Å². The summed E-state index contributed by atoms with van der Waals surface area (Å²) < 4.78 is 0. The molecule has 0 spiro atoms. The van der Waals surface area contributed by atoms with E-state index in [9.17, 15) is 9.59 Å². The van der Waals surface area contributed by atoms with Crippen LogP contribution in [0.1, 0.15) is 35.9 Å². The molecule has 1 aliphatic heterocycles. The van der Waals surface area contributed by atoms with E-state index in [2.05, 4.69) is 10.2 Å². The normalized spacial score (nSPS) is 18.4. The summed E-state index contributed by atoms with van der Waals surface area (Å²) in [6, 6.07) is -0.404. The first-order valence-corrected chi connectivity index (χ1v) is 6.82. The molecule has 1 aliphatic rings. The molecule has 110 valence electrons. The number of nitrogens with two attached hydrogens (primary N) is 1. The lowest BCUT2D eigenvalue weighted by molar-refractivity contribution is -0.132. The van der Waals surface area contributed by atoms with E-state index in [4.69, 9.17) is 5.73 Å². The predicted octanol–water partition coefficient (Wildman–Crippen LogP) is 0.247. The number of likely N-dealkylation sites (N-methyl/N-ethyl adjacent to an activating group) is 1. The van der Waals surface area contributed by atoms with Gasteiger partial charge in [-0.3, -0.25) is 14.7 Å². The molecule has 1 aromatic heterocycles. The molecule has 0 aromatic carbocycles. The van der Waals surface area contributed by atoms with Gasteiger partial charge in [0, 0.05) is 20.6 Å². The van der Waals surface area contributed by atoms with Crippen molar-refractivity contribution in [3.05, 3.63) is 11.4 Å². The van der Waals surface area contributed by atoms with Crippen LogP contribution in [0.4, 0.5) is 5.69 Å². The fourth-order valence-corrected chi connectivity index (χ4v) is 2.52. The maximum Gasteiger partial charge on any atom is 0.277 e. The minimum absolute atomic E-state index is 0.0549. The van der Waals surface area contributed by atoms with Gasteiger partial charge in [0.1, 0.15) is 6.04 Å². The topological polar surface area (TPSA) is 95.3 Å². The van der Waals surface area contributed by atoms with Crippen molar-refractivity contribution < 1.29 is 9.59 Å². The number of likely N-dealkylation sites (tertiary alicyclic amines) is 1. The van der Waals surface area contributed by atoms with Crippen molar-refractivity contribution in [2.45, 2.75) is 32.2 Å². The smallest absolute Gasteiger partial charge is 0.277 e. The molecule has 0 aliphatic carbocycles. The number of aromatic amines is 1. The molecule has 1 fully saturated rings. The van der Waals surface area contributed by atoms with Crippen molar-refractivity contribution in [2.24, 2.45) is 0 Å². The minimum atomic E-state index is -0.404. The van der Waals surface area contributed by atoms with Gasteiger partial charge >= 0.3 is 0 Å². The highest BCUT2D eigenvalue weighted by molar-refractivity contribution is 6.00. The van der Waals surface area contributed by atoms with Crippen LogP contribution in [0.25, 0.3) is 0 Å². The first-order valence-electron chi connectivity index (χ1n) is 6.82. The summed E-state index contributed by atoms with van der Waals surface area (Å²) in [4.78, 5) is 27.7. The zero-order chi connectivity index (χ0) is 14.9. The predicted molar refractivity (Wildman–Crippen MR) is 75.1 cm³/mol. The Hall–Kier alpha value is -2.05. The largest absolute Gasteiger partial charge is 0.395 e. The summed E-state index contributed by atoms with van der Waals surface area (Å²) in [5, 5.41) is 6.78. The summed E-state index contributed by atoms with van der Waals surface area (Å²) in [5.41, 5.74) is 7.29. The Morgan fingerprint density at radius 1 is 1.50 bits per heavy atom. The van der Waals surface area contributed by atoms with Gasteiger partial charge in [-0.05, 0) is 19.3 Å². The van der Waals surface area contributed by atoms with E-state index in [0.717, 1.165) is 12.1 Å². The molecule has 7 heteroatoms. The quantitative estimate of drug-likeness (QED) is 0.829. The molecule has 2 heterocycles. The second-order valence-corrected chi connectivity index (χ2v) is 5.21. The van der Waals surface area contributed by atoms with Crippen molar-refractivity contribution in [3.8, 4) is 0 Å². The molecule has 1 atom stereocenters. The number of rotatable bonds is 3. The monoisotopic (exact) mass is 279 g/mol. The van der Waals surface area contributed by atoms with Crippen LogP contribution in [0.5, 0.6) is 0 Å². The highest BCUT2D eigenvalue weighted by Gasteiger charge is 2.37. The first-order chi connectivity index (χ1) is 9.47. The summed E-state index contributed by atoms with van der Waals surface area (Å²) in [6.45, 7) is 2.50. The number of nitrogens with one attached hydrogen (secondary N) is 1. The number of nitrogen functional groups attached to an aromatic ring is 1. The minimum Gasteiger partial charge on any atom is -0.395 e. The van der Waals surface area contributed by atoms with E-state index < -0.39 is 6.04 Å². The second kappa shape index (κ2) is 5.52. The Morgan fingerprint density at radius 3 is 2.75 bits per heavy atom. The van der Waals surface area contributed by atoms with Crippen molar-refractivity contribution >= 4 is 17.5 Å². The molecule has 7 nitrogen and oxygen atoms in total. The number of anilines is 1. The average Bonchev–Trinajstić information content (AvgIpc) is 3.03. The lowest BCUT2D eigenvalue weighted by Crippen LogP contribution is -2.45. The SMILES string of the molecule is CCc1[nH]nc(C(=O)N2CCCC2C(=O)N(C)C)c1N. The second-order valence-electron chi connectivity index (χ2n) is 5.21. The molecule has 2 rings (SSSR count). The molecular formula is C13H21N5O2. The fourth-order valence-electron chi connectivity index (χ4n) is 2.52. The highest BCUT2D eigenvalue weighted by Crippen LogP contribution is 2.24. The summed E-state index contributed by atoms with van der Waals surface area (Å²) >= 11 is 0. The van der Waals surface area contributed by atoms with E-state index >= 15 is 0 Å². The first kappa shape index (κ1) is 14.4. The van der Waals surface area contributed by atoms with Crippen molar-refractivity contribution in [3.63, 3.8) is 0 Å². The van der Waals surface area contributed by atoms with Crippen molar-refractivity contribution in [1.82, 2.24) is 20.0 Å². The Bertz CT molecular complexity index is 523. The van der Waals surface area contributed by atoms with Gasteiger partial charge in [0.05, 0.1) is 11.4 Å². The fraction of sp³-hybridized carbons (Fsp3) is 0.615. The molecule has 0 bridgehead atoms. The number of H-pyrrole nitrogens is 1. The number of nitrogens with zero attached hydrogens (tertiary/aromatic N) is 3. The van der Waals surface area contributed by atoms with Gasteiger partial charge in [-0.2, -0.15) is 5.10 Å². The summed E-state index contributed by atoms with van der Waals surface area (Å²) in [7, 11) is 3.39. The molecule has 0 saturated carbocycles. The summed E-state index contributed by atoms with van der Waals surface area (Å²) in [5.74, 6) is -0.322. The molecule has 1 unspecified atom stereocenters. The van der Waals surface area contributed by atoms with Gasteiger partial charge in [0.15, 0.2) is 5.69 Å². The maximum absolute atomic E-state index is 12.5. The van der Waals surface area contributed by atoms with Gasteiger partial charge in [-0.1, -0.05) is 6.92 Å². The number of aryl methyl sites for hydroxylation is 1. The highest BCUT2D eigenvalue weighted by atomic mass is 16.2. The van der Waals surface area contributed by atoms with Crippen molar-refractivity contribution in [1.29, 1.82) is 0 Å². The third kappa shape index (κ3) is 2.35. The van der Waals surface area contributed by atoms with E-state index in [1.165, 1.54) is 4.90 Å². The molecule has 3 N–H and O–H groups in total. The number of hydrogen-bond donors (Lipinski definition) is 2. The standard InChI is InChI=1S/C13H21N5O2/c1-4-8-10(14)11(16-15-8)13(20)18-7-5-6-9(18)12(19)17(2)3/h9H,4-7,14H2,1-3H3,(H,15,16). The zero-order valence-corrected chi connectivity index (χ0v) is 12.1. The lowest BCUT2D eigenvalue weighted by atomic mass is 10.2. The van der Waals surface area contributed by atoms with Gasteiger partial charge in [-0.15, -0.1) is 0 Å². The van der Waals surface area contributed by atoms with Crippen LogP contribution in [-0.4, -0.2) is 58.5 Å². The Morgan fingerprint density at radius 2 is 2.20 bits per heavy atom. The molecule has 20 heavy (non-hydrogen) atoms. The van der Waals surface area contributed by atoms with E-state index in [0.29, 0.717) is 25.1 Å². The third-order valence-electron chi connectivity index (χ3n) is 3.68. The van der Waals surface area contributed by atoms with Crippen LogP contribution in [0, 0.1) is 0 Å². The van der Waals surface area contributed by atoms with Gasteiger partial charge in [0.2, 0.25) is 5.91 Å². The van der Waals surface area contributed by atoms with Crippen LogP contribution in [0.3, 0.4) is 0 Å². The van der Waals surface area contributed by atoms with Crippen LogP contribution in [-0.2, 0) is 11.2 Å². The zero-order valence-electron chi connectivity index (χ0n) is 12.1. The Labute approximate surface area is 118 Å². The number of hydrogen-bond acceptors (Lipinski definition) is 4. The Balaban J connectivity index is 2.23. The average molecular weight is 279 g/mol. The lowest BCUT2D eigenvalue weighted by Gasteiger charge is -2.25. The maximum atomic E-state index is 12.5. The number of aromatic nitrogens is 2. The van der Waals surface area contributed by atoms with Gasteiger partial charge in [-0.25, -0.2) is 0 Å². The van der Waals surface area contributed by atoms with Crippen LogP contribution < -0.4 is 5.73 Å². The number of carbonyl (C=O) groups excluding carboxylic acids is 2. The number of amides is 2. The van der Waals surface area contributed by atoms with Gasteiger partial charge in [0.25, 0.3) is 5.91 Å². The van der Waals surface area contributed by atoms with E-state index in [1.807, 2.05) is 6.92 Å². The summed E-state index contributed by atoms with van der Waals surface area (Å²) in [6.07, 6.45) is 2.20. The molecule has 2 amide bonds. The van der Waals surface area contributed by atoms with Crippen LogP contribution >= 0.6 is 0 Å². The third-order valence-corrected chi connectivity index (χ3v) is 3.68. The van der Waals surface area contributed by atoms with E-state index in [-0.39, 0.29) is 17.5 Å². The molecule has 0 radical (unpaired) electrons. The number of carbonyl (C=O) groups is 2. The molecule has 1 saturated heterocycles.